The van der Waals surface area contributed by atoms with Crippen LogP contribution in [0.15, 0.2) is 140 Å². The van der Waals surface area contributed by atoms with Crippen molar-refractivity contribution in [2.24, 2.45) is 0 Å². The van der Waals surface area contributed by atoms with E-state index in [1.54, 1.807) is 18.2 Å². The van der Waals surface area contributed by atoms with E-state index in [4.69, 9.17) is 4.74 Å². The molecule has 33 heavy (non-hydrogen) atoms. The molecular formula is C30H23FOP+. The Morgan fingerprint density at radius 2 is 0.818 bits per heavy atom. The fraction of sp³-hybridized carbons (Fsp3) is 0. The Kier molecular flexibility index (Phi) is 6.02. The first-order chi connectivity index (χ1) is 16.3. The molecule has 160 valence electrons. The molecule has 0 unspecified atom stereocenters. The number of benzene rings is 5. The van der Waals surface area contributed by atoms with Gasteiger partial charge in [-0.15, -0.1) is 0 Å². The molecule has 0 heterocycles. The molecule has 0 saturated carbocycles. The standard InChI is InChI=1S/C30H23FOP/c31-29-18-10-11-19-30(29)32-24-20-22-28(23-21-24)33(25-12-4-1-5-13-25,26-14-6-2-7-15-26)27-16-8-3-9-17-27/h1-23H/q+1. The van der Waals surface area contributed by atoms with Crippen LogP contribution >= 0.6 is 7.26 Å². The van der Waals surface area contributed by atoms with Crippen LogP contribution in [0, 0.1) is 5.82 Å². The van der Waals surface area contributed by atoms with Crippen LogP contribution in [0.2, 0.25) is 0 Å². The van der Waals surface area contributed by atoms with Crippen molar-refractivity contribution in [1.29, 1.82) is 0 Å². The van der Waals surface area contributed by atoms with Gasteiger partial charge in [0.2, 0.25) is 0 Å². The molecule has 0 radical (unpaired) electrons. The summed E-state index contributed by atoms with van der Waals surface area (Å²) in [5, 5.41) is 5.06. The van der Waals surface area contributed by atoms with Crippen molar-refractivity contribution < 1.29 is 9.13 Å². The molecule has 0 aliphatic heterocycles. The fourth-order valence-corrected chi connectivity index (χ4v) is 8.48. The van der Waals surface area contributed by atoms with E-state index >= 15 is 0 Å². The van der Waals surface area contributed by atoms with Gasteiger partial charge in [0.05, 0.1) is 0 Å². The highest BCUT2D eigenvalue weighted by atomic mass is 31.2. The van der Waals surface area contributed by atoms with E-state index in [2.05, 4.69) is 103 Å². The fourth-order valence-electron chi connectivity index (χ4n) is 4.24. The van der Waals surface area contributed by atoms with E-state index in [0.29, 0.717) is 5.75 Å². The average molecular weight is 449 g/mol. The number of halogens is 1. The van der Waals surface area contributed by atoms with E-state index in [1.807, 2.05) is 12.1 Å². The summed E-state index contributed by atoms with van der Waals surface area (Å²) >= 11 is 0. The van der Waals surface area contributed by atoms with Gasteiger partial charge in [-0.05, 0) is 72.8 Å². The summed E-state index contributed by atoms with van der Waals surface area (Å²) in [4.78, 5) is 0. The van der Waals surface area contributed by atoms with E-state index in [0.717, 1.165) is 0 Å². The largest absolute Gasteiger partial charge is 0.454 e. The van der Waals surface area contributed by atoms with Crippen LogP contribution < -0.4 is 26.0 Å². The van der Waals surface area contributed by atoms with E-state index in [-0.39, 0.29) is 11.6 Å². The van der Waals surface area contributed by atoms with Crippen molar-refractivity contribution >= 4 is 28.5 Å². The molecule has 0 saturated heterocycles. The lowest BCUT2D eigenvalue weighted by Gasteiger charge is -2.27. The molecule has 0 aliphatic rings. The zero-order valence-corrected chi connectivity index (χ0v) is 18.9. The van der Waals surface area contributed by atoms with Crippen molar-refractivity contribution in [2.45, 2.75) is 0 Å². The second-order valence-corrected chi connectivity index (χ2v) is 11.1. The minimum absolute atomic E-state index is 0.223. The minimum Gasteiger partial charge on any atom is -0.454 e. The van der Waals surface area contributed by atoms with E-state index < -0.39 is 7.26 Å². The number of ether oxygens (including phenoxy) is 1. The second kappa shape index (κ2) is 9.40. The maximum Gasteiger partial charge on any atom is 0.165 e. The molecule has 0 fully saturated rings. The molecule has 0 bridgehead atoms. The van der Waals surface area contributed by atoms with Gasteiger partial charge in [-0.3, -0.25) is 0 Å². The van der Waals surface area contributed by atoms with Crippen molar-refractivity contribution in [3.05, 3.63) is 145 Å². The lowest BCUT2D eigenvalue weighted by atomic mass is 10.3. The third-order valence-corrected chi connectivity index (χ3v) is 10.0. The van der Waals surface area contributed by atoms with Gasteiger partial charge >= 0.3 is 0 Å². The number of hydrogen-bond donors (Lipinski definition) is 0. The Labute approximate surface area is 194 Å². The number of hydrogen-bond acceptors (Lipinski definition) is 1. The van der Waals surface area contributed by atoms with Gasteiger partial charge in [0, 0.05) is 0 Å². The summed E-state index contributed by atoms with van der Waals surface area (Å²) in [6.07, 6.45) is 0. The van der Waals surface area contributed by atoms with Gasteiger partial charge in [-0.1, -0.05) is 66.7 Å². The molecule has 5 aromatic carbocycles. The van der Waals surface area contributed by atoms with Gasteiger partial charge in [-0.2, -0.15) is 0 Å². The van der Waals surface area contributed by atoms with Crippen LogP contribution in [0.3, 0.4) is 0 Å². The van der Waals surface area contributed by atoms with Gasteiger partial charge in [0.25, 0.3) is 0 Å². The monoisotopic (exact) mass is 449 g/mol. The topological polar surface area (TPSA) is 9.23 Å². The molecule has 0 atom stereocenters. The molecular weight excluding hydrogens is 426 g/mol. The molecule has 5 aromatic rings. The van der Waals surface area contributed by atoms with Crippen LogP contribution in [-0.2, 0) is 0 Å². The highest BCUT2D eigenvalue weighted by Gasteiger charge is 2.47. The first kappa shape index (κ1) is 21.1. The van der Waals surface area contributed by atoms with Crippen LogP contribution in [0.25, 0.3) is 0 Å². The van der Waals surface area contributed by atoms with E-state index in [1.165, 1.54) is 27.3 Å². The molecule has 5 rings (SSSR count). The zero-order valence-electron chi connectivity index (χ0n) is 18.0. The quantitative estimate of drug-likeness (QED) is 0.279. The number of rotatable bonds is 6. The van der Waals surface area contributed by atoms with Gasteiger partial charge < -0.3 is 4.74 Å². The second-order valence-electron chi connectivity index (χ2n) is 7.70. The van der Waals surface area contributed by atoms with Crippen molar-refractivity contribution in [2.75, 3.05) is 0 Å². The Bertz CT molecular complexity index is 1220. The van der Waals surface area contributed by atoms with E-state index in [9.17, 15) is 4.39 Å². The first-order valence-corrected chi connectivity index (χ1v) is 12.7. The molecule has 1 nitrogen and oxygen atoms in total. The first-order valence-electron chi connectivity index (χ1n) is 10.9. The van der Waals surface area contributed by atoms with Gasteiger partial charge in [0.15, 0.2) is 11.6 Å². The van der Waals surface area contributed by atoms with Gasteiger partial charge in [0.1, 0.15) is 34.2 Å². The summed E-state index contributed by atoms with van der Waals surface area (Å²) in [6.45, 7) is 0. The maximum absolute atomic E-state index is 14.1. The van der Waals surface area contributed by atoms with Crippen LogP contribution in [0.5, 0.6) is 11.5 Å². The summed E-state index contributed by atoms with van der Waals surface area (Å²) < 4.78 is 19.9. The van der Waals surface area contributed by atoms with Crippen LogP contribution in [0.4, 0.5) is 4.39 Å². The Morgan fingerprint density at radius 1 is 0.424 bits per heavy atom. The summed E-state index contributed by atoms with van der Waals surface area (Å²) in [7, 11) is -2.15. The molecule has 0 aliphatic carbocycles. The smallest absolute Gasteiger partial charge is 0.165 e. The number of para-hydroxylation sites is 1. The zero-order chi connectivity index (χ0) is 22.5. The summed E-state index contributed by atoms with van der Waals surface area (Å²) in [5.41, 5.74) is 0. The molecule has 0 spiro atoms. The van der Waals surface area contributed by atoms with Crippen LogP contribution in [-0.4, -0.2) is 0 Å². The summed E-state index contributed by atoms with van der Waals surface area (Å²) in [5.74, 6) is 0.456. The average Bonchev–Trinajstić information content (AvgIpc) is 2.89. The summed E-state index contributed by atoms with van der Waals surface area (Å²) in [6, 6.07) is 46.7. The predicted octanol–water partition coefficient (Wildman–Crippen LogP) is 6.24. The molecule has 3 heteroatoms. The lowest BCUT2D eigenvalue weighted by Crippen LogP contribution is -2.38. The van der Waals surface area contributed by atoms with Crippen molar-refractivity contribution in [3.8, 4) is 11.5 Å². The van der Waals surface area contributed by atoms with Crippen molar-refractivity contribution in [3.63, 3.8) is 0 Å². The normalized spacial score (nSPS) is 11.2. The highest BCUT2D eigenvalue weighted by Crippen LogP contribution is 2.54. The van der Waals surface area contributed by atoms with Crippen LogP contribution in [0.1, 0.15) is 0 Å². The maximum atomic E-state index is 14.1. The Hall–Kier alpha value is -3.74. The molecule has 0 N–H and O–H groups in total. The minimum atomic E-state index is -2.15. The van der Waals surface area contributed by atoms with Gasteiger partial charge in [-0.25, -0.2) is 4.39 Å². The Balaban J connectivity index is 1.69. The Morgan fingerprint density at radius 3 is 1.27 bits per heavy atom. The molecule has 0 amide bonds. The third-order valence-electron chi connectivity index (χ3n) is 5.72. The molecule has 0 aromatic heterocycles. The lowest BCUT2D eigenvalue weighted by molar-refractivity contribution is 0.442. The SMILES string of the molecule is Fc1ccccc1Oc1ccc([P+](c2ccccc2)(c2ccccc2)c2ccccc2)cc1. The third kappa shape index (κ3) is 4.06. The predicted molar refractivity (Wildman–Crippen MR) is 138 cm³/mol. The highest BCUT2D eigenvalue weighted by molar-refractivity contribution is 8.01. The van der Waals surface area contributed by atoms with Crippen molar-refractivity contribution in [1.82, 2.24) is 0 Å².